The van der Waals surface area contributed by atoms with Crippen molar-refractivity contribution in [3.8, 4) is 11.5 Å². The Kier molecular flexibility index (Phi) is 5.09. The number of fused-ring (bicyclic) bond motifs is 1. The van der Waals surface area contributed by atoms with Crippen LogP contribution in [0.5, 0.6) is 11.5 Å². The molecule has 2 N–H and O–H groups in total. The van der Waals surface area contributed by atoms with Gasteiger partial charge in [0.15, 0.2) is 11.5 Å². The Morgan fingerprint density at radius 2 is 1.72 bits per heavy atom. The quantitative estimate of drug-likeness (QED) is 0.878. The van der Waals surface area contributed by atoms with Crippen LogP contribution in [0.2, 0.25) is 5.02 Å². The lowest BCUT2D eigenvalue weighted by Gasteiger charge is -2.20. The van der Waals surface area contributed by atoms with Crippen LogP contribution in [-0.2, 0) is 11.3 Å². The van der Waals surface area contributed by atoms with E-state index in [1.165, 1.54) is 6.92 Å². The normalized spacial score (nSPS) is 12.4. The van der Waals surface area contributed by atoms with Gasteiger partial charge in [-0.15, -0.1) is 0 Å². The Hall–Kier alpha value is -2.73. The number of hydrogen-bond donors (Lipinski definition) is 2. The Bertz CT molecular complexity index is 805. The van der Waals surface area contributed by atoms with E-state index in [1.807, 2.05) is 0 Å². The number of carbonyl (C=O) groups excluding carboxylic acids is 2. The highest BCUT2D eigenvalue weighted by Gasteiger charge is 2.17. The molecule has 0 atom stereocenters. The first kappa shape index (κ1) is 17.1. The van der Waals surface area contributed by atoms with Crippen molar-refractivity contribution >= 4 is 29.1 Å². The van der Waals surface area contributed by atoms with Gasteiger partial charge in [-0.1, -0.05) is 23.7 Å². The monoisotopic (exact) mass is 360 g/mol. The molecular formula is C18H17ClN2O4. The third-order valence-electron chi connectivity index (χ3n) is 3.64. The highest BCUT2D eigenvalue weighted by Crippen LogP contribution is 2.38. The van der Waals surface area contributed by atoms with Gasteiger partial charge in [0.2, 0.25) is 5.91 Å². The van der Waals surface area contributed by atoms with Crippen molar-refractivity contribution in [1.29, 1.82) is 0 Å². The molecule has 130 valence electrons. The van der Waals surface area contributed by atoms with Crippen LogP contribution in [0.1, 0.15) is 22.8 Å². The molecule has 2 aromatic carbocycles. The second-order valence-corrected chi connectivity index (χ2v) is 5.94. The molecule has 0 spiro atoms. The van der Waals surface area contributed by atoms with Crippen LogP contribution in [0.25, 0.3) is 0 Å². The van der Waals surface area contributed by atoms with Gasteiger partial charge in [-0.25, -0.2) is 0 Å². The van der Waals surface area contributed by atoms with Crippen LogP contribution in [0.15, 0.2) is 36.4 Å². The third-order valence-corrected chi connectivity index (χ3v) is 3.95. The van der Waals surface area contributed by atoms with E-state index in [9.17, 15) is 9.59 Å². The zero-order valence-electron chi connectivity index (χ0n) is 13.6. The lowest BCUT2D eigenvalue weighted by molar-refractivity contribution is -0.119. The molecule has 1 aliphatic rings. The van der Waals surface area contributed by atoms with Crippen molar-refractivity contribution in [1.82, 2.24) is 5.32 Å². The van der Waals surface area contributed by atoms with E-state index >= 15 is 0 Å². The zero-order valence-corrected chi connectivity index (χ0v) is 14.4. The minimum absolute atomic E-state index is 0.102. The maximum Gasteiger partial charge on any atom is 0.255 e. The van der Waals surface area contributed by atoms with Gasteiger partial charge in [-0.05, 0) is 17.7 Å². The predicted octanol–water partition coefficient (Wildman–Crippen LogP) is 3.00. The smallest absolute Gasteiger partial charge is 0.255 e. The molecule has 0 aromatic heterocycles. The summed E-state index contributed by atoms with van der Waals surface area (Å²) in [4.78, 5) is 23.3. The zero-order chi connectivity index (χ0) is 17.8. The second kappa shape index (κ2) is 7.44. The molecule has 2 aromatic rings. The van der Waals surface area contributed by atoms with Crippen LogP contribution >= 0.6 is 11.6 Å². The molecule has 1 aliphatic heterocycles. The molecule has 7 heteroatoms. The minimum Gasteiger partial charge on any atom is -0.486 e. The molecule has 0 bridgehead atoms. The van der Waals surface area contributed by atoms with Gasteiger partial charge >= 0.3 is 0 Å². The van der Waals surface area contributed by atoms with Gasteiger partial charge in [0.25, 0.3) is 5.91 Å². The number of anilines is 1. The van der Waals surface area contributed by atoms with Crippen molar-refractivity contribution in [3.05, 3.63) is 52.5 Å². The largest absolute Gasteiger partial charge is 0.486 e. The van der Waals surface area contributed by atoms with E-state index in [1.54, 1.807) is 36.4 Å². The summed E-state index contributed by atoms with van der Waals surface area (Å²) in [5.74, 6) is 0.730. The summed E-state index contributed by atoms with van der Waals surface area (Å²) in [5.41, 5.74) is 1.85. The molecule has 2 amide bonds. The Labute approximate surface area is 150 Å². The third kappa shape index (κ3) is 4.22. The van der Waals surface area contributed by atoms with Gasteiger partial charge in [0.05, 0.1) is 10.7 Å². The number of benzene rings is 2. The molecule has 0 radical (unpaired) electrons. The van der Waals surface area contributed by atoms with Gasteiger partial charge in [0.1, 0.15) is 13.2 Å². The maximum absolute atomic E-state index is 12.4. The number of halogens is 1. The van der Waals surface area contributed by atoms with Crippen molar-refractivity contribution in [2.45, 2.75) is 13.5 Å². The summed E-state index contributed by atoms with van der Waals surface area (Å²) in [6.45, 7) is 2.81. The molecule has 0 saturated carbocycles. The predicted molar refractivity (Wildman–Crippen MR) is 94.4 cm³/mol. The van der Waals surface area contributed by atoms with Crippen molar-refractivity contribution in [2.24, 2.45) is 0 Å². The van der Waals surface area contributed by atoms with E-state index in [0.29, 0.717) is 47.5 Å². The first-order valence-electron chi connectivity index (χ1n) is 7.77. The highest BCUT2D eigenvalue weighted by atomic mass is 35.5. The summed E-state index contributed by atoms with van der Waals surface area (Å²) >= 11 is 6.20. The minimum atomic E-state index is -0.287. The number of rotatable bonds is 4. The summed E-state index contributed by atoms with van der Waals surface area (Å²) in [6, 6.07) is 10.2. The average Bonchev–Trinajstić information content (AvgIpc) is 2.61. The van der Waals surface area contributed by atoms with Gasteiger partial charge in [-0.3, -0.25) is 9.59 Å². The van der Waals surface area contributed by atoms with Crippen molar-refractivity contribution in [2.75, 3.05) is 18.5 Å². The molecule has 1 heterocycles. The van der Waals surface area contributed by atoms with Crippen LogP contribution in [-0.4, -0.2) is 25.0 Å². The molecule has 25 heavy (non-hydrogen) atoms. The molecule has 0 unspecified atom stereocenters. The fraction of sp³-hybridized carbons (Fsp3) is 0.222. The Balaban J connectivity index is 1.70. The Morgan fingerprint density at radius 3 is 2.36 bits per heavy atom. The number of nitrogens with one attached hydrogen (secondary N) is 2. The molecule has 0 fully saturated rings. The van der Waals surface area contributed by atoms with Gasteiger partial charge in [-0.2, -0.15) is 0 Å². The molecule has 3 rings (SSSR count). The van der Waals surface area contributed by atoms with E-state index in [-0.39, 0.29) is 11.8 Å². The molecule has 0 aliphatic carbocycles. The van der Waals surface area contributed by atoms with Crippen molar-refractivity contribution in [3.63, 3.8) is 0 Å². The van der Waals surface area contributed by atoms with Crippen LogP contribution in [0.3, 0.4) is 0 Å². The first-order valence-corrected chi connectivity index (χ1v) is 8.14. The van der Waals surface area contributed by atoms with Crippen molar-refractivity contribution < 1.29 is 19.1 Å². The Morgan fingerprint density at radius 1 is 1.08 bits per heavy atom. The SMILES string of the molecule is CC(=O)NCc1ccc(C(=O)Nc2cc3c(cc2Cl)OCCO3)cc1. The van der Waals surface area contributed by atoms with E-state index in [0.717, 1.165) is 5.56 Å². The summed E-state index contributed by atoms with van der Waals surface area (Å²) in [7, 11) is 0. The summed E-state index contributed by atoms with van der Waals surface area (Å²) in [6.07, 6.45) is 0. The lowest BCUT2D eigenvalue weighted by Crippen LogP contribution is -2.19. The number of ether oxygens (including phenoxy) is 2. The second-order valence-electron chi connectivity index (χ2n) is 5.54. The van der Waals surface area contributed by atoms with E-state index in [4.69, 9.17) is 21.1 Å². The topological polar surface area (TPSA) is 76.7 Å². The van der Waals surface area contributed by atoms with Gasteiger partial charge in [0, 0.05) is 31.2 Å². The first-order chi connectivity index (χ1) is 12.0. The fourth-order valence-electron chi connectivity index (χ4n) is 2.35. The van der Waals surface area contributed by atoms with Crippen LogP contribution in [0, 0.1) is 0 Å². The molecule has 6 nitrogen and oxygen atoms in total. The average molecular weight is 361 g/mol. The summed E-state index contributed by atoms with van der Waals surface area (Å²) in [5, 5.41) is 5.85. The summed E-state index contributed by atoms with van der Waals surface area (Å²) < 4.78 is 10.9. The van der Waals surface area contributed by atoms with Crippen LogP contribution < -0.4 is 20.1 Å². The van der Waals surface area contributed by atoms with Gasteiger partial charge < -0.3 is 20.1 Å². The van der Waals surface area contributed by atoms with E-state index in [2.05, 4.69) is 10.6 Å². The standard InChI is InChI=1S/C18H17ClN2O4/c1-11(22)20-10-12-2-4-13(5-3-12)18(23)21-15-9-17-16(8-14(15)19)24-6-7-25-17/h2-5,8-9H,6-7,10H2,1H3,(H,20,22)(H,21,23). The molecule has 0 saturated heterocycles. The van der Waals surface area contributed by atoms with Crippen LogP contribution in [0.4, 0.5) is 5.69 Å². The fourth-order valence-corrected chi connectivity index (χ4v) is 2.56. The molecular weight excluding hydrogens is 344 g/mol. The number of amides is 2. The van der Waals surface area contributed by atoms with E-state index < -0.39 is 0 Å². The number of carbonyl (C=O) groups is 2. The lowest BCUT2D eigenvalue weighted by atomic mass is 10.1. The highest BCUT2D eigenvalue weighted by molar-refractivity contribution is 6.34. The maximum atomic E-state index is 12.4. The number of hydrogen-bond acceptors (Lipinski definition) is 4.